The van der Waals surface area contributed by atoms with E-state index in [0.29, 0.717) is 39.3 Å². The molecular weight excluding hydrogens is 152 g/mol. The largest absolute Gasteiger partial charge is 0.378 e. The first kappa shape index (κ1) is 11.0. The Morgan fingerprint density at radius 3 is 1.50 bits per heavy atom. The monoisotopic (exact) mass is 166 g/mol. The zero-order chi connectivity index (χ0) is 9.07. The van der Waals surface area contributed by atoms with Crippen molar-refractivity contribution < 1.29 is 9.47 Å². The van der Waals surface area contributed by atoms with E-state index in [0.717, 1.165) is 0 Å². The number of hydrogen-bond acceptors (Lipinski definition) is 2. The Balaban J connectivity index is 2.84. The third-order valence-corrected chi connectivity index (χ3v) is 1.15. The van der Waals surface area contributed by atoms with Crippen molar-refractivity contribution in [2.45, 2.75) is 12.8 Å². The van der Waals surface area contributed by atoms with Gasteiger partial charge in [-0.1, -0.05) is 0 Å². The zero-order valence-corrected chi connectivity index (χ0v) is 7.21. The topological polar surface area (TPSA) is 18.5 Å². The molecule has 0 amide bonds. The molecule has 0 bridgehead atoms. The van der Waals surface area contributed by atoms with Crippen molar-refractivity contribution in [2.75, 3.05) is 26.4 Å². The van der Waals surface area contributed by atoms with Gasteiger partial charge in [0.2, 0.25) is 0 Å². The first-order chi connectivity index (χ1) is 5.91. The lowest BCUT2D eigenvalue weighted by Gasteiger charge is -2.02. The second kappa shape index (κ2) is 10.0. The van der Waals surface area contributed by atoms with Gasteiger partial charge in [0.25, 0.3) is 0 Å². The van der Waals surface area contributed by atoms with Gasteiger partial charge < -0.3 is 9.47 Å². The van der Waals surface area contributed by atoms with E-state index in [2.05, 4.69) is 11.8 Å². The van der Waals surface area contributed by atoms with Gasteiger partial charge in [0.15, 0.2) is 0 Å². The molecule has 12 heavy (non-hydrogen) atoms. The highest BCUT2D eigenvalue weighted by Crippen LogP contribution is 1.83. The highest BCUT2D eigenvalue weighted by atomic mass is 16.5. The van der Waals surface area contributed by atoms with E-state index in [1.165, 1.54) is 0 Å². The third-order valence-electron chi connectivity index (χ3n) is 1.15. The van der Waals surface area contributed by atoms with Crippen LogP contribution in [0.4, 0.5) is 0 Å². The van der Waals surface area contributed by atoms with Crippen molar-refractivity contribution >= 4 is 0 Å². The number of ether oxygens (including phenoxy) is 2. The maximum absolute atomic E-state index is 5.14. The van der Waals surface area contributed by atoms with Gasteiger partial charge in [-0.2, -0.15) is 0 Å². The molecule has 0 aliphatic carbocycles. The van der Waals surface area contributed by atoms with Crippen LogP contribution in [0.1, 0.15) is 12.8 Å². The summed E-state index contributed by atoms with van der Waals surface area (Å²) in [5.41, 5.74) is 0. The van der Waals surface area contributed by atoms with Gasteiger partial charge in [-0.3, -0.25) is 0 Å². The molecule has 2 nitrogen and oxygen atoms in total. The van der Waals surface area contributed by atoms with Gasteiger partial charge in [-0.15, -0.1) is 24.7 Å². The Morgan fingerprint density at radius 1 is 0.750 bits per heavy atom. The first-order valence-electron chi connectivity index (χ1n) is 3.94. The summed E-state index contributed by atoms with van der Waals surface area (Å²) in [6.45, 7) is 2.39. The molecule has 0 aromatic carbocycles. The third kappa shape index (κ3) is 9.04. The van der Waals surface area contributed by atoms with Gasteiger partial charge in [0, 0.05) is 12.8 Å². The average Bonchev–Trinajstić information content (AvgIpc) is 2.10. The van der Waals surface area contributed by atoms with Crippen molar-refractivity contribution in [3.8, 4) is 24.7 Å². The fourth-order valence-electron chi connectivity index (χ4n) is 0.584. The lowest BCUT2D eigenvalue weighted by Crippen LogP contribution is -2.05. The van der Waals surface area contributed by atoms with Crippen LogP contribution in [0.25, 0.3) is 0 Å². The minimum absolute atomic E-state index is 0.590. The van der Waals surface area contributed by atoms with Gasteiger partial charge in [0.1, 0.15) is 0 Å². The first-order valence-corrected chi connectivity index (χ1v) is 3.94. The normalized spacial score (nSPS) is 8.83. The summed E-state index contributed by atoms with van der Waals surface area (Å²) >= 11 is 0. The van der Waals surface area contributed by atoms with E-state index in [9.17, 15) is 0 Å². The van der Waals surface area contributed by atoms with Crippen LogP contribution in [-0.2, 0) is 9.47 Å². The molecule has 0 saturated heterocycles. The summed E-state index contributed by atoms with van der Waals surface area (Å²) in [6.07, 6.45) is 11.4. The maximum Gasteiger partial charge on any atom is 0.0700 e. The van der Waals surface area contributed by atoms with Crippen LogP contribution < -0.4 is 0 Å². The van der Waals surface area contributed by atoms with Crippen LogP contribution in [-0.4, -0.2) is 26.4 Å². The van der Waals surface area contributed by atoms with Gasteiger partial charge in [-0.25, -0.2) is 0 Å². The number of terminal acetylenes is 2. The molecule has 0 heterocycles. The quantitative estimate of drug-likeness (QED) is 0.416. The summed E-state index contributed by atoms with van der Waals surface area (Å²) in [5, 5.41) is 0. The minimum atomic E-state index is 0.590. The van der Waals surface area contributed by atoms with Gasteiger partial charge in [0.05, 0.1) is 26.4 Å². The Hall–Kier alpha value is -0.960. The molecule has 0 atom stereocenters. The van der Waals surface area contributed by atoms with E-state index in [4.69, 9.17) is 22.3 Å². The predicted octanol–water partition coefficient (Wildman–Crippen LogP) is 1.07. The summed E-state index contributed by atoms with van der Waals surface area (Å²) in [4.78, 5) is 0. The molecule has 0 unspecified atom stereocenters. The average molecular weight is 166 g/mol. The molecule has 0 fully saturated rings. The molecule has 0 N–H and O–H groups in total. The second-order valence-corrected chi connectivity index (χ2v) is 2.13. The Bertz CT molecular complexity index is 142. The van der Waals surface area contributed by atoms with Crippen LogP contribution in [0.2, 0.25) is 0 Å². The summed E-state index contributed by atoms with van der Waals surface area (Å²) in [5.74, 6) is 4.97. The van der Waals surface area contributed by atoms with Crippen molar-refractivity contribution in [1.82, 2.24) is 0 Å². The van der Waals surface area contributed by atoms with Gasteiger partial charge in [-0.05, 0) is 0 Å². The summed E-state index contributed by atoms with van der Waals surface area (Å²) in [6, 6.07) is 0. The standard InChI is InChI=1S/C10H14O2/c1-3-5-7-11-9-10-12-8-6-4-2/h1-2H,5-10H2. The van der Waals surface area contributed by atoms with Crippen LogP contribution in [0, 0.1) is 24.7 Å². The highest BCUT2D eigenvalue weighted by molar-refractivity contribution is 4.83. The van der Waals surface area contributed by atoms with E-state index < -0.39 is 0 Å². The molecule has 0 saturated carbocycles. The molecule has 0 aromatic heterocycles. The summed E-state index contributed by atoms with van der Waals surface area (Å²) < 4.78 is 10.3. The van der Waals surface area contributed by atoms with Crippen LogP contribution in [0.3, 0.4) is 0 Å². The van der Waals surface area contributed by atoms with Crippen LogP contribution in [0.5, 0.6) is 0 Å². The smallest absolute Gasteiger partial charge is 0.0700 e. The molecular formula is C10H14O2. The van der Waals surface area contributed by atoms with E-state index in [1.807, 2.05) is 0 Å². The fourth-order valence-corrected chi connectivity index (χ4v) is 0.584. The second-order valence-electron chi connectivity index (χ2n) is 2.13. The molecule has 66 valence electrons. The molecule has 0 aliphatic rings. The predicted molar refractivity (Wildman–Crippen MR) is 48.5 cm³/mol. The maximum atomic E-state index is 5.14. The minimum Gasteiger partial charge on any atom is -0.378 e. The lowest BCUT2D eigenvalue weighted by atomic mass is 10.5. The SMILES string of the molecule is C#CCCOCCOCCC#C. The van der Waals surface area contributed by atoms with Crippen molar-refractivity contribution in [1.29, 1.82) is 0 Å². The van der Waals surface area contributed by atoms with E-state index >= 15 is 0 Å². The fraction of sp³-hybridized carbons (Fsp3) is 0.600. The van der Waals surface area contributed by atoms with E-state index in [1.54, 1.807) is 0 Å². The van der Waals surface area contributed by atoms with E-state index in [-0.39, 0.29) is 0 Å². The van der Waals surface area contributed by atoms with Crippen molar-refractivity contribution in [3.63, 3.8) is 0 Å². The molecule has 2 heteroatoms. The van der Waals surface area contributed by atoms with Crippen molar-refractivity contribution in [2.24, 2.45) is 0 Å². The highest BCUT2D eigenvalue weighted by Gasteiger charge is 1.87. The number of hydrogen-bond donors (Lipinski definition) is 0. The molecule has 0 spiro atoms. The molecule has 0 radical (unpaired) electrons. The van der Waals surface area contributed by atoms with Gasteiger partial charge >= 0.3 is 0 Å². The molecule has 0 aromatic rings. The Labute approximate surface area is 74.2 Å². The zero-order valence-electron chi connectivity index (χ0n) is 7.21. The van der Waals surface area contributed by atoms with Crippen LogP contribution >= 0.6 is 0 Å². The Morgan fingerprint density at radius 2 is 1.17 bits per heavy atom. The van der Waals surface area contributed by atoms with Crippen LogP contribution in [0.15, 0.2) is 0 Å². The molecule has 0 rings (SSSR count). The summed E-state index contributed by atoms with van der Waals surface area (Å²) in [7, 11) is 0. The molecule has 0 aliphatic heterocycles. The number of rotatable bonds is 7. The Kier molecular flexibility index (Phi) is 9.24. The lowest BCUT2D eigenvalue weighted by molar-refractivity contribution is 0.0522. The van der Waals surface area contributed by atoms with Crippen molar-refractivity contribution in [3.05, 3.63) is 0 Å².